The minimum Gasteiger partial charge on any atom is -0.389 e. The molecule has 0 fully saturated rings. The molecule has 0 aliphatic carbocycles. The number of hydrogen-bond acceptors (Lipinski definition) is 5. The molecule has 0 aromatic heterocycles. The SMILES string of the molecule is CN(CC(O)CN(C)c1cccc(CN)c1)c1cccc(CN)c1. The van der Waals surface area contributed by atoms with Crippen LogP contribution in [0.5, 0.6) is 0 Å². The number of nitrogens with zero attached hydrogens (tertiary/aromatic N) is 2. The summed E-state index contributed by atoms with van der Waals surface area (Å²) < 4.78 is 0. The summed E-state index contributed by atoms with van der Waals surface area (Å²) in [6.45, 7) is 2.14. The van der Waals surface area contributed by atoms with Gasteiger partial charge in [0.15, 0.2) is 0 Å². The van der Waals surface area contributed by atoms with E-state index < -0.39 is 6.10 Å². The van der Waals surface area contributed by atoms with Crippen LogP contribution in [-0.2, 0) is 13.1 Å². The summed E-state index contributed by atoms with van der Waals surface area (Å²) in [6, 6.07) is 16.2. The maximum atomic E-state index is 10.4. The maximum Gasteiger partial charge on any atom is 0.0889 e. The van der Waals surface area contributed by atoms with Crippen molar-refractivity contribution in [3.8, 4) is 0 Å². The number of anilines is 2. The highest BCUT2D eigenvalue weighted by molar-refractivity contribution is 5.49. The number of aliphatic hydroxyl groups excluding tert-OH is 1. The topological polar surface area (TPSA) is 78.8 Å². The Morgan fingerprint density at radius 1 is 0.833 bits per heavy atom. The van der Waals surface area contributed by atoms with E-state index in [0.717, 1.165) is 22.5 Å². The number of rotatable bonds is 8. The summed E-state index contributed by atoms with van der Waals surface area (Å²) in [5, 5.41) is 10.4. The molecular formula is C19H28N4O. The van der Waals surface area contributed by atoms with Gasteiger partial charge in [-0.25, -0.2) is 0 Å². The van der Waals surface area contributed by atoms with Crippen molar-refractivity contribution in [2.45, 2.75) is 19.2 Å². The molecule has 130 valence electrons. The van der Waals surface area contributed by atoms with Gasteiger partial charge in [-0.15, -0.1) is 0 Å². The first-order chi connectivity index (χ1) is 11.5. The molecule has 0 spiro atoms. The van der Waals surface area contributed by atoms with Gasteiger partial charge in [-0.05, 0) is 35.4 Å². The van der Waals surface area contributed by atoms with Gasteiger partial charge in [0.05, 0.1) is 6.10 Å². The fourth-order valence-corrected chi connectivity index (χ4v) is 2.74. The summed E-state index contributed by atoms with van der Waals surface area (Å²) in [5.74, 6) is 0. The summed E-state index contributed by atoms with van der Waals surface area (Å²) in [7, 11) is 3.96. The van der Waals surface area contributed by atoms with Crippen molar-refractivity contribution < 1.29 is 5.11 Å². The van der Waals surface area contributed by atoms with E-state index in [9.17, 15) is 5.11 Å². The normalized spacial score (nSPS) is 10.9. The van der Waals surface area contributed by atoms with Crippen molar-refractivity contribution in [3.63, 3.8) is 0 Å². The monoisotopic (exact) mass is 328 g/mol. The van der Waals surface area contributed by atoms with E-state index in [4.69, 9.17) is 11.5 Å². The van der Waals surface area contributed by atoms with E-state index in [1.807, 2.05) is 60.3 Å². The van der Waals surface area contributed by atoms with Gasteiger partial charge in [-0.2, -0.15) is 0 Å². The lowest BCUT2D eigenvalue weighted by atomic mass is 10.1. The molecule has 24 heavy (non-hydrogen) atoms. The van der Waals surface area contributed by atoms with Crippen LogP contribution in [0, 0.1) is 0 Å². The molecular weight excluding hydrogens is 300 g/mol. The lowest BCUT2D eigenvalue weighted by Gasteiger charge is -2.27. The van der Waals surface area contributed by atoms with Gasteiger partial charge in [0.1, 0.15) is 0 Å². The van der Waals surface area contributed by atoms with E-state index in [1.165, 1.54) is 0 Å². The molecule has 2 aromatic carbocycles. The molecule has 0 saturated carbocycles. The van der Waals surface area contributed by atoms with Crippen LogP contribution in [-0.4, -0.2) is 38.4 Å². The smallest absolute Gasteiger partial charge is 0.0889 e. The minimum atomic E-state index is -0.469. The molecule has 2 aromatic rings. The third-order valence-corrected chi connectivity index (χ3v) is 4.14. The second-order valence-corrected chi connectivity index (χ2v) is 6.16. The number of nitrogens with two attached hydrogens (primary N) is 2. The zero-order valence-corrected chi connectivity index (χ0v) is 14.5. The van der Waals surface area contributed by atoms with Gasteiger partial charge < -0.3 is 26.4 Å². The van der Waals surface area contributed by atoms with E-state index in [1.54, 1.807) is 0 Å². The Balaban J connectivity index is 1.94. The van der Waals surface area contributed by atoms with Crippen LogP contribution in [0.1, 0.15) is 11.1 Å². The molecule has 5 heteroatoms. The van der Waals surface area contributed by atoms with Crippen LogP contribution >= 0.6 is 0 Å². The van der Waals surface area contributed by atoms with E-state index in [0.29, 0.717) is 26.2 Å². The summed E-state index contributed by atoms with van der Waals surface area (Å²) >= 11 is 0. The molecule has 0 heterocycles. The third-order valence-electron chi connectivity index (χ3n) is 4.14. The number of likely N-dealkylation sites (N-methyl/N-ethyl adjacent to an activating group) is 2. The molecule has 0 aliphatic heterocycles. The first kappa shape index (κ1) is 18.3. The largest absolute Gasteiger partial charge is 0.389 e. The van der Waals surface area contributed by atoms with Crippen molar-refractivity contribution in [2.75, 3.05) is 37.0 Å². The quantitative estimate of drug-likeness (QED) is 0.685. The van der Waals surface area contributed by atoms with Gasteiger partial charge in [0.25, 0.3) is 0 Å². The molecule has 0 amide bonds. The van der Waals surface area contributed by atoms with Crippen LogP contribution in [0.3, 0.4) is 0 Å². The van der Waals surface area contributed by atoms with Gasteiger partial charge in [0, 0.05) is 51.6 Å². The van der Waals surface area contributed by atoms with Crippen LogP contribution in [0.2, 0.25) is 0 Å². The Hall–Kier alpha value is -2.08. The predicted octanol–water partition coefficient (Wildman–Crippen LogP) is 1.54. The summed E-state index contributed by atoms with van der Waals surface area (Å²) in [4.78, 5) is 4.10. The predicted molar refractivity (Wildman–Crippen MR) is 101 cm³/mol. The van der Waals surface area contributed by atoms with Gasteiger partial charge >= 0.3 is 0 Å². The van der Waals surface area contributed by atoms with Crippen molar-refractivity contribution in [1.82, 2.24) is 0 Å². The Labute approximate surface area is 144 Å². The number of aliphatic hydroxyl groups is 1. The Morgan fingerprint density at radius 2 is 1.25 bits per heavy atom. The van der Waals surface area contributed by atoms with Crippen molar-refractivity contribution in [3.05, 3.63) is 59.7 Å². The van der Waals surface area contributed by atoms with Crippen molar-refractivity contribution in [2.24, 2.45) is 11.5 Å². The lowest BCUT2D eigenvalue weighted by molar-refractivity contribution is 0.188. The molecule has 5 nitrogen and oxygen atoms in total. The lowest BCUT2D eigenvalue weighted by Crippen LogP contribution is -2.37. The molecule has 2 rings (SSSR count). The molecule has 0 aliphatic rings. The van der Waals surface area contributed by atoms with Gasteiger partial charge in [-0.1, -0.05) is 24.3 Å². The molecule has 5 N–H and O–H groups in total. The summed E-state index contributed by atoms with van der Waals surface area (Å²) in [6.07, 6.45) is -0.469. The van der Waals surface area contributed by atoms with E-state index in [-0.39, 0.29) is 0 Å². The Bertz CT molecular complexity index is 591. The standard InChI is InChI=1S/C19H28N4O/c1-22(17-7-3-5-15(9-17)11-20)13-19(24)14-23(2)18-8-4-6-16(10-18)12-21/h3-10,19,24H,11-14,20-21H2,1-2H3. The van der Waals surface area contributed by atoms with E-state index in [2.05, 4.69) is 12.1 Å². The third kappa shape index (κ3) is 4.96. The second kappa shape index (κ2) is 8.68. The highest BCUT2D eigenvalue weighted by atomic mass is 16.3. The Kier molecular flexibility index (Phi) is 6.61. The highest BCUT2D eigenvalue weighted by Crippen LogP contribution is 2.17. The fourth-order valence-electron chi connectivity index (χ4n) is 2.74. The number of benzene rings is 2. The zero-order chi connectivity index (χ0) is 17.5. The summed E-state index contributed by atoms with van der Waals surface area (Å²) in [5.41, 5.74) is 15.7. The first-order valence-corrected chi connectivity index (χ1v) is 8.22. The van der Waals surface area contributed by atoms with Crippen LogP contribution < -0.4 is 21.3 Å². The number of hydrogen-bond donors (Lipinski definition) is 3. The van der Waals surface area contributed by atoms with Crippen molar-refractivity contribution in [1.29, 1.82) is 0 Å². The molecule has 0 radical (unpaired) electrons. The van der Waals surface area contributed by atoms with Crippen molar-refractivity contribution >= 4 is 11.4 Å². The first-order valence-electron chi connectivity index (χ1n) is 8.22. The van der Waals surface area contributed by atoms with Gasteiger partial charge in [-0.3, -0.25) is 0 Å². The molecule has 0 unspecified atom stereocenters. The van der Waals surface area contributed by atoms with Crippen LogP contribution in [0.4, 0.5) is 11.4 Å². The molecule has 0 bridgehead atoms. The average molecular weight is 328 g/mol. The zero-order valence-electron chi connectivity index (χ0n) is 14.5. The average Bonchev–Trinajstić information content (AvgIpc) is 2.61. The molecule has 0 atom stereocenters. The van der Waals surface area contributed by atoms with Crippen LogP contribution in [0.25, 0.3) is 0 Å². The van der Waals surface area contributed by atoms with Gasteiger partial charge in [0.2, 0.25) is 0 Å². The Morgan fingerprint density at radius 3 is 1.62 bits per heavy atom. The maximum absolute atomic E-state index is 10.4. The fraction of sp³-hybridized carbons (Fsp3) is 0.368. The highest BCUT2D eigenvalue weighted by Gasteiger charge is 2.12. The molecule has 0 saturated heterocycles. The van der Waals surface area contributed by atoms with E-state index >= 15 is 0 Å². The van der Waals surface area contributed by atoms with Crippen LogP contribution in [0.15, 0.2) is 48.5 Å². The minimum absolute atomic E-state index is 0.469. The second-order valence-electron chi connectivity index (χ2n) is 6.16.